The Hall–Kier alpha value is -0.740. The van der Waals surface area contributed by atoms with Crippen molar-refractivity contribution in [1.29, 1.82) is 0 Å². The number of hydrogen-bond donors (Lipinski definition) is 1. The highest BCUT2D eigenvalue weighted by molar-refractivity contribution is 9.10. The molecule has 2 N–H and O–H groups in total. The molecule has 1 aromatic carbocycles. The average Bonchev–Trinajstić information content (AvgIpc) is 2.83. The second-order valence-corrected chi connectivity index (χ2v) is 5.08. The number of ether oxygens (including phenoxy) is 2. The fraction of sp³-hybridized carbons (Fsp3) is 0.538. The first-order valence-electron chi connectivity index (χ1n) is 6.06. The summed E-state index contributed by atoms with van der Waals surface area (Å²) in [5.41, 5.74) is 6.49. The van der Waals surface area contributed by atoms with Gasteiger partial charge < -0.3 is 15.2 Å². The molecule has 1 atom stereocenters. The Morgan fingerprint density at radius 1 is 1.47 bits per heavy atom. The molecular formula is C13H18BrNO2. The molecule has 3 nitrogen and oxygen atoms in total. The average molecular weight is 300 g/mol. The molecule has 17 heavy (non-hydrogen) atoms. The zero-order valence-electron chi connectivity index (χ0n) is 9.82. The minimum absolute atomic E-state index is 0.447. The SMILES string of the molecule is Nc1cccc(OCCCC2CCCO2)c1Br. The summed E-state index contributed by atoms with van der Waals surface area (Å²) in [4.78, 5) is 0. The predicted molar refractivity (Wildman–Crippen MR) is 72.3 cm³/mol. The lowest BCUT2D eigenvalue weighted by atomic mass is 10.1. The highest BCUT2D eigenvalue weighted by Crippen LogP contribution is 2.30. The van der Waals surface area contributed by atoms with E-state index in [0.29, 0.717) is 18.4 Å². The summed E-state index contributed by atoms with van der Waals surface area (Å²) in [6, 6.07) is 5.67. The fourth-order valence-electron chi connectivity index (χ4n) is 2.00. The minimum atomic E-state index is 0.447. The maximum atomic E-state index is 5.78. The van der Waals surface area contributed by atoms with E-state index in [4.69, 9.17) is 15.2 Å². The molecule has 0 spiro atoms. The molecule has 1 aromatic rings. The van der Waals surface area contributed by atoms with E-state index in [1.165, 1.54) is 12.8 Å². The van der Waals surface area contributed by atoms with E-state index in [2.05, 4.69) is 15.9 Å². The number of anilines is 1. The van der Waals surface area contributed by atoms with Crippen molar-refractivity contribution in [1.82, 2.24) is 0 Å². The first-order chi connectivity index (χ1) is 8.27. The lowest BCUT2D eigenvalue weighted by Gasteiger charge is -2.11. The van der Waals surface area contributed by atoms with Crippen LogP contribution in [0.3, 0.4) is 0 Å². The van der Waals surface area contributed by atoms with Gasteiger partial charge in [-0.25, -0.2) is 0 Å². The van der Waals surface area contributed by atoms with Crippen molar-refractivity contribution in [2.45, 2.75) is 31.8 Å². The summed E-state index contributed by atoms with van der Waals surface area (Å²) in [6.07, 6.45) is 4.95. The van der Waals surface area contributed by atoms with Gasteiger partial charge in [0, 0.05) is 12.3 Å². The number of hydrogen-bond acceptors (Lipinski definition) is 3. The number of rotatable bonds is 5. The van der Waals surface area contributed by atoms with Crippen LogP contribution in [0.5, 0.6) is 5.75 Å². The Balaban J connectivity index is 1.72. The molecule has 1 heterocycles. The van der Waals surface area contributed by atoms with E-state index in [9.17, 15) is 0 Å². The molecule has 0 radical (unpaired) electrons. The van der Waals surface area contributed by atoms with E-state index in [0.717, 1.165) is 29.7 Å². The monoisotopic (exact) mass is 299 g/mol. The second kappa shape index (κ2) is 6.26. The zero-order chi connectivity index (χ0) is 12.1. The third-order valence-corrected chi connectivity index (χ3v) is 3.79. The van der Waals surface area contributed by atoms with E-state index in [1.807, 2.05) is 18.2 Å². The Bertz CT molecular complexity index is 364. The normalized spacial score (nSPS) is 19.5. The zero-order valence-corrected chi connectivity index (χ0v) is 11.4. The smallest absolute Gasteiger partial charge is 0.135 e. The molecule has 1 aliphatic heterocycles. The first-order valence-corrected chi connectivity index (χ1v) is 6.85. The van der Waals surface area contributed by atoms with Gasteiger partial charge in [-0.3, -0.25) is 0 Å². The van der Waals surface area contributed by atoms with E-state index < -0.39 is 0 Å². The minimum Gasteiger partial charge on any atom is -0.492 e. The van der Waals surface area contributed by atoms with Crippen molar-refractivity contribution in [2.24, 2.45) is 0 Å². The van der Waals surface area contributed by atoms with Crippen molar-refractivity contribution >= 4 is 21.6 Å². The Morgan fingerprint density at radius 3 is 3.12 bits per heavy atom. The van der Waals surface area contributed by atoms with Gasteiger partial charge in [-0.2, -0.15) is 0 Å². The largest absolute Gasteiger partial charge is 0.492 e. The van der Waals surface area contributed by atoms with Crippen LogP contribution in [0.2, 0.25) is 0 Å². The molecule has 1 saturated heterocycles. The van der Waals surface area contributed by atoms with Crippen LogP contribution in [-0.4, -0.2) is 19.3 Å². The van der Waals surface area contributed by atoms with Crippen molar-refractivity contribution in [3.63, 3.8) is 0 Å². The summed E-state index contributed by atoms with van der Waals surface area (Å²) < 4.78 is 12.1. The molecule has 94 valence electrons. The fourth-order valence-corrected chi connectivity index (χ4v) is 2.38. The van der Waals surface area contributed by atoms with Gasteiger partial charge in [-0.15, -0.1) is 0 Å². The summed E-state index contributed by atoms with van der Waals surface area (Å²) in [5.74, 6) is 0.817. The Labute approximate surface area is 110 Å². The summed E-state index contributed by atoms with van der Waals surface area (Å²) in [6.45, 7) is 1.63. The van der Waals surface area contributed by atoms with Gasteiger partial charge in [0.05, 0.1) is 17.2 Å². The van der Waals surface area contributed by atoms with Crippen LogP contribution >= 0.6 is 15.9 Å². The quantitative estimate of drug-likeness (QED) is 0.670. The first kappa shape index (κ1) is 12.7. The third-order valence-electron chi connectivity index (χ3n) is 2.95. The van der Waals surface area contributed by atoms with Crippen molar-refractivity contribution in [2.75, 3.05) is 18.9 Å². The molecule has 0 bridgehead atoms. The summed E-state index contributed by atoms with van der Waals surface area (Å²) >= 11 is 3.42. The van der Waals surface area contributed by atoms with E-state index >= 15 is 0 Å². The number of nitrogen functional groups attached to an aromatic ring is 1. The Kier molecular flexibility index (Phi) is 4.68. The molecule has 0 saturated carbocycles. The van der Waals surface area contributed by atoms with Gasteiger partial charge in [-0.05, 0) is 53.7 Å². The van der Waals surface area contributed by atoms with Gasteiger partial charge in [0.25, 0.3) is 0 Å². The van der Waals surface area contributed by atoms with Crippen LogP contribution in [0, 0.1) is 0 Å². The molecule has 1 aliphatic rings. The highest BCUT2D eigenvalue weighted by Gasteiger charge is 2.14. The van der Waals surface area contributed by atoms with Crippen molar-refractivity contribution in [3.8, 4) is 5.75 Å². The van der Waals surface area contributed by atoms with Crippen molar-refractivity contribution in [3.05, 3.63) is 22.7 Å². The molecule has 4 heteroatoms. The van der Waals surface area contributed by atoms with Crippen molar-refractivity contribution < 1.29 is 9.47 Å². The predicted octanol–water partition coefficient (Wildman–Crippen LogP) is 3.37. The molecular weight excluding hydrogens is 282 g/mol. The van der Waals surface area contributed by atoms with Gasteiger partial charge in [0.2, 0.25) is 0 Å². The van der Waals surface area contributed by atoms with Gasteiger partial charge >= 0.3 is 0 Å². The molecule has 0 amide bonds. The van der Waals surface area contributed by atoms with Gasteiger partial charge in [0.1, 0.15) is 5.75 Å². The maximum absolute atomic E-state index is 5.78. The van der Waals surface area contributed by atoms with Crippen LogP contribution in [0.1, 0.15) is 25.7 Å². The van der Waals surface area contributed by atoms with Gasteiger partial charge in [-0.1, -0.05) is 6.07 Å². The molecule has 1 fully saturated rings. The number of nitrogens with two attached hydrogens (primary N) is 1. The third kappa shape index (κ3) is 3.61. The van der Waals surface area contributed by atoms with Crippen LogP contribution < -0.4 is 10.5 Å². The van der Waals surface area contributed by atoms with E-state index in [1.54, 1.807) is 0 Å². The molecule has 2 rings (SSSR count). The highest BCUT2D eigenvalue weighted by atomic mass is 79.9. The molecule has 0 aliphatic carbocycles. The summed E-state index contributed by atoms with van der Waals surface area (Å²) in [5, 5.41) is 0. The van der Waals surface area contributed by atoms with Crippen LogP contribution in [0.15, 0.2) is 22.7 Å². The molecule has 1 unspecified atom stereocenters. The topological polar surface area (TPSA) is 44.5 Å². The Morgan fingerprint density at radius 2 is 2.35 bits per heavy atom. The van der Waals surface area contributed by atoms with Gasteiger partial charge in [0.15, 0.2) is 0 Å². The van der Waals surface area contributed by atoms with Crippen LogP contribution in [0.4, 0.5) is 5.69 Å². The standard InChI is InChI=1S/C13H18BrNO2/c14-13-11(15)6-1-7-12(13)17-9-3-5-10-4-2-8-16-10/h1,6-7,10H,2-5,8-9,15H2. The number of halogens is 1. The molecule has 0 aromatic heterocycles. The summed E-state index contributed by atoms with van der Waals surface area (Å²) in [7, 11) is 0. The van der Waals surface area contributed by atoms with E-state index in [-0.39, 0.29) is 0 Å². The lowest BCUT2D eigenvalue weighted by molar-refractivity contribution is 0.0981. The second-order valence-electron chi connectivity index (χ2n) is 4.29. The maximum Gasteiger partial charge on any atom is 0.135 e. The number of benzene rings is 1. The van der Waals surface area contributed by atoms with Crippen LogP contribution in [0.25, 0.3) is 0 Å². The van der Waals surface area contributed by atoms with Crippen LogP contribution in [-0.2, 0) is 4.74 Å². The lowest BCUT2D eigenvalue weighted by Crippen LogP contribution is -2.07.